The van der Waals surface area contributed by atoms with Crippen molar-refractivity contribution in [3.05, 3.63) is 0 Å². The highest BCUT2D eigenvalue weighted by molar-refractivity contribution is 5.83. The van der Waals surface area contributed by atoms with Gasteiger partial charge in [0.2, 0.25) is 0 Å². The molecule has 0 spiro atoms. The van der Waals surface area contributed by atoms with Gasteiger partial charge in [0.25, 0.3) is 0 Å². The van der Waals surface area contributed by atoms with Crippen LogP contribution in [0.2, 0.25) is 0 Å². The first-order chi connectivity index (χ1) is 8.69. The summed E-state index contributed by atoms with van der Waals surface area (Å²) in [5, 5.41) is 10.9. The van der Waals surface area contributed by atoms with Crippen molar-refractivity contribution in [1.82, 2.24) is 0 Å². The topological polar surface area (TPSA) is 72.8 Å². The van der Waals surface area contributed by atoms with Gasteiger partial charge in [0.05, 0.1) is 30.7 Å². The number of methoxy groups -OCH3 is 2. The van der Waals surface area contributed by atoms with E-state index in [1.165, 1.54) is 14.2 Å². The smallest absolute Gasteiger partial charge is 0.314 e. The molecule has 1 N–H and O–H groups in total. The molecule has 0 radical (unpaired) electrons. The Morgan fingerprint density at radius 1 is 1.11 bits per heavy atom. The first kappa shape index (κ1) is 16.0. The predicted molar refractivity (Wildman–Crippen MR) is 69.3 cm³/mol. The van der Waals surface area contributed by atoms with E-state index in [1.54, 1.807) is 13.8 Å². The lowest BCUT2D eigenvalue weighted by molar-refractivity contribution is -0.167. The number of carbonyl (C=O) groups excluding carboxylic acids is 2. The zero-order chi connectivity index (χ0) is 14.9. The molecule has 0 saturated heterocycles. The fourth-order valence-corrected chi connectivity index (χ4v) is 3.50. The summed E-state index contributed by atoms with van der Waals surface area (Å²) in [5.41, 5.74) is -3.18. The van der Waals surface area contributed by atoms with Gasteiger partial charge in [-0.05, 0) is 33.1 Å². The first-order valence-corrected chi connectivity index (χ1v) is 6.58. The average molecular weight is 272 g/mol. The highest BCUT2D eigenvalue weighted by Gasteiger charge is 2.65. The van der Waals surface area contributed by atoms with Gasteiger partial charge in [-0.25, -0.2) is 0 Å². The molecule has 110 valence electrons. The van der Waals surface area contributed by atoms with E-state index in [0.29, 0.717) is 6.42 Å². The summed E-state index contributed by atoms with van der Waals surface area (Å²) in [5.74, 6) is -0.870. The fourth-order valence-electron chi connectivity index (χ4n) is 3.50. The molecule has 1 rings (SSSR count). The van der Waals surface area contributed by atoms with Gasteiger partial charge in [-0.1, -0.05) is 13.3 Å². The number of hydrogen-bond donors (Lipinski definition) is 1. The molecule has 0 unspecified atom stereocenters. The normalized spacial score (nSPS) is 38.0. The Morgan fingerprint density at radius 3 is 2.05 bits per heavy atom. The summed E-state index contributed by atoms with van der Waals surface area (Å²) >= 11 is 0. The van der Waals surface area contributed by atoms with Gasteiger partial charge < -0.3 is 14.6 Å². The number of carbonyl (C=O) groups is 2. The number of esters is 2. The van der Waals surface area contributed by atoms with E-state index < -0.39 is 28.4 Å². The van der Waals surface area contributed by atoms with Crippen molar-refractivity contribution in [3.63, 3.8) is 0 Å². The van der Waals surface area contributed by atoms with Crippen LogP contribution in [0.4, 0.5) is 0 Å². The molecule has 0 aliphatic heterocycles. The Bertz CT molecular complexity index is 380. The second-order valence-corrected chi connectivity index (χ2v) is 6.01. The third kappa shape index (κ3) is 2.36. The van der Waals surface area contributed by atoms with E-state index in [4.69, 9.17) is 9.47 Å². The van der Waals surface area contributed by atoms with Crippen LogP contribution < -0.4 is 0 Å². The van der Waals surface area contributed by atoms with Crippen LogP contribution in [0.15, 0.2) is 0 Å². The van der Waals surface area contributed by atoms with Crippen LogP contribution >= 0.6 is 0 Å². The lowest BCUT2D eigenvalue weighted by atomic mass is 9.73. The Kier molecular flexibility index (Phi) is 4.30. The molecule has 19 heavy (non-hydrogen) atoms. The largest absolute Gasteiger partial charge is 0.469 e. The SMILES string of the molecule is CCC[C@@]1(O)C[C@@](C)(C(=O)OC)C[C@]1(C)C(=O)OC. The molecule has 0 aromatic rings. The number of ether oxygens (including phenoxy) is 2. The Hall–Kier alpha value is -1.10. The molecule has 0 heterocycles. The lowest BCUT2D eigenvalue weighted by Gasteiger charge is -2.36. The molecule has 5 nitrogen and oxygen atoms in total. The van der Waals surface area contributed by atoms with Crippen molar-refractivity contribution in [2.24, 2.45) is 10.8 Å². The molecule has 1 fully saturated rings. The minimum absolute atomic E-state index is 0.214. The molecule has 5 heteroatoms. The van der Waals surface area contributed by atoms with E-state index >= 15 is 0 Å². The maximum atomic E-state index is 12.1. The summed E-state index contributed by atoms with van der Waals surface area (Å²) < 4.78 is 9.65. The van der Waals surface area contributed by atoms with Gasteiger partial charge >= 0.3 is 11.9 Å². The van der Waals surface area contributed by atoms with Crippen molar-refractivity contribution in [1.29, 1.82) is 0 Å². The van der Waals surface area contributed by atoms with Crippen molar-refractivity contribution in [2.45, 2.75) is 52.1 Å². The van der Waals surface area contributed by atoms with Crippen molar-refractivity contribution in [2.75, 3.05) is 14.2 Å². The maximum Gasteiger partial charge on any atom is 0.314 e. The number of rotatable bonds is 4. The molecule has 0 aromatic heterocycles. The molecular formula is C14H24O5. The van der Waals surface area contributed by atoms with E-state index in [0.717, 1.165) is 6.42 Å². The average Bonchev–Trinajstić information content (AvgIpc) is 2.56. The highest BCUT2D eigenvalue weighted by Crippen LogP contribution is 2.58. The van der Waals surface area contributed by atoms with Crippen LogP contribution in [0, 0.1) is 10.8 Å². The van der Waals surface area contributed by atoms with Crippen LogP contribution in [0.1, 0.15) is 46.5 Å². The molecule has 1 aliphatic rings. The van der Waals surface area contributed by atoms with Crippen molar-refractivity contribution >= 4 is 11.9 Å². The van der Waals surface area contributed by atoms with Crippen molar-refractivity contribution in [3.8, 4) is 0 Å². The van der Waals surface area contributed by atoms with Gasteiger partial charge in [0.15, 0.2) is 0 Å². The molecule has 1 aliphatic carbocycles. The Labute approximate surface area is 114 Å². The quantitative estimate of drug-likeness (QED) is 0.788. The van der Waals surface area contributed by atoms with Crippen LogP contribution in [0.25, 0.3) is 0 Å². The predicted octanol–water partition coefficient (Wildman–Crippen LogP) is 1.67. The molecule has 0 bridgehead atoms. The molecule has 3 atom stereocenters. The van der Waals surface area contributed by atoms with E-state index in [-0.39, 0.29) is 12.8 Å². The highest BCUT2D eigenvalue weighted by atomic mass is 16.5. The van der Waals surface area contributed by atoms with Crippen LogP contribution in [0.3, 0.4) is 0 Å². The monoisotopic (exact) mass is 272 g/mol. The zero-order valence-electron chi connectivity index (χ0n) is 12.4. The summed E-state index contributed by atoms with van der Waals surface area (Å²) in [6.07, 6.45) is 1.62. The van der Waals surface area contributed by atoms with E-state index in [2.05, 4.69) is 0 Å². The van der Waals surface area contributed by atoms with Gasteiger partial charge in [-0.3, -0.25) is 9.59 Å². The summed E-state index contributed by atoms with van der Waals surface area (Å²) in [4.78, 5) is 24.0. The number of hydrogen-bond acceptors (Lipinski definition) is 5. The van der Waals surface area contributed by atoms with Crippen LogP contribution in [-0.2, 0) is 19.1 Å². The molecule has 0 aromatic carbocycles. The molecule has 1 saturated carbocycles. The Balaban J connectivity index is 3.22. The minimum Gasteiger partial charge on any atom is -0.469 e. The minimum atomic E-state index is -1.24. The standard InChI is InChI=1S/C14H24O5/c1-6-7-14(17)9-12(2,10(15)18-4)8-13(14,3)11(16)19-5/h17H,6-9H2,1-5H3/t12-,13+,14+/m0/s1. The summed E-state index contributed by atoms with van der Waals surface area (Å²) in [6.45, 7) is 5.33. The van der Waals surface area contributed by atoms with Gasteiger partial charge in [-0.15, -0.1) is 0 Å². The van der Waals surface area contributed by atoms with Gasteiger partial charge in [-0.2, -0.15) is 0 Å². The Morgan fingerprint density at radius 2 is 1.63 bits per heavy atom. The number of aliphatic hydroxyl groups is 1. The molecule has 0 amide bonds. The zero-order valence-corrected chi connectivity index (χ0v) is 12.4. The van der Waals surface area contributed by atoms with Crippen molar-refractivity contribution < 1.29 is 24.2 Å². The second-order valence-electron chi connectivity index (χ2n) is 6.01. The molecular weight excluding hydrogens is 248 g/mol. The summed E-state index contributed by atoms with van der Waals surface area (Å²) in [7, 11) is 2.62. The van der Waals surface area contributed by atoms with E-state index in [1.807, 2.05) is 6.92 Å². The van der Waals surface area contributed by atoms with Gasteiger partial charge in [0, 0.05) is 0 Å². The first-order valence-electron chi connectivity index (χ1n) is 6.58. The fraction of sp³-hybridized carbons (Fsp3) is 0.857. The van der Waals surface area contributed by atoms with Gasteiger partial charge in [0.1, 0.15) is 0 Å². The maximum absolute atomic E-state index is 12.1. The lowest BCUT2D eigenvalue weighted by Crippen LogP contribution is -2.47. The van der Waals surface area contributed by atoms with Crippen LogP contribution in [-0.4, -0.2) is 36.9 Å². The van der Waals surface area contributed by atoms with E-state index in [9.17, 15) is 14.7 Å². The third-order valence-corrected chi connectivity index (χ3v) is 4.43. The van der Waals surface area contributed by atoms with Crippen LogP contribution in [0.5, 0.6) is 0 Å². The summed E-state index contributed by atoms with van der Waals surface area (Å²) in [6, 6.07) is 0. The second kappa shape index (κ2) is 5.12. The third-order valence-electron chi connectivity index (χ3n) is 4.43.